The molecule has 0 aliphatic rings. The zero-order valence-electron chi connectivity index (χ0n) is 11.4. The van der Waals surface area contributed by atoms with Crippen molar-refractivity contribution in [2.24, 2.45) is 0 Å². The van der Waals surface area contributed by atoms with E-state index in [0.29, 0.717) is 5.75 Å². The maximum atomic E-state index is 9.45. The molecule has 0 saturated carbocycles. The van der Waals surface area contributed by atoms with E-state index in [0.717, 1.165) is 18.7 Å². The fourth-order valence-electron chi connectivity index (χ4n) is 2.05. The fraction of sp³-hybridized carbons (Fsp3) is 0.600. The van der Waals surface area contributed by atoms with E-state index in [1.807, 2.05) is 12.1 Å². The molecule has 0 aromatic heterocycles. The molecule has 0 amide bonds. The normalized spacial score (nSPS) is 10.5. The first-order chi connectivity index (χ1) is 8.19. The number of anilines is 1. The van der Waals surface area contributed by atoms with Crippen molar-refractivity contribution in [3.63, 3.8) is 0 Å². The number of hydrogen-bond acceptors (Lipinski definition) is 2. The first-order valence-electron chi connectivity index (χ1n) is 6.73. The topological polar surface area (TPSA) is 23.5 Å². The molecule has 1 aromatic rings. The minimum Gasteiger partial charge on any atom is -0.508 e. The number of nitrogens with zero attached hydrogens (tertiary/aromatic N) is 1. The molecule has 2 nitrogen and oxygen atoms in total. The highest BCUT2D eigenvalue weighted by atomic mass is 16.3. The third-order valence-electron chi connectivity index (χ3n) is 3.08. The standard InChI is InChI=1S/C15H25NO/c1-4-6-10-16(11-7-5-2)15-9-8-14(17)12-13(15)3/h8-9,12,17H,4-7,10-11H2,1-3H3. The summed E-state index contributed by atoms with van der Waals surface area (Å²) >= 11 is 0. The van der Waals surface area contributed by atoms with Crippen molar-refractivity contribution in [1.29, 1.82) is 0 Å². The summed E-state index contributed by atoms with van der Waals surface area (Å²) in [5, 5.41) is 9.45. The van der Waals surface area contributed by atoms with Gasteiger partial charge in [0.05, 0.1) is 0 Å². The predicted molar refractivity (Wildman–Crippen MR) is 74.9 cm³/mol. The molecular weight excluding hydrogens is 210 g/mol. The van der Waals surface area contributed by atoms with Crippen molar-refractivity contribution in [3.8, 4) is 5.75 Å². The fourth-order valence-corrected chi connectivity index (χ4v) is 2.05. The van der Waals surface area contributed by atoms with E-state index < -0.39 is 0 Å². The van der Waals surface area contributed by atoms with Gasteiger partial charge in [-0.15, -0.1) is 0 Å². The number of benzene rings is 1. The Bertz CT molecular complexity index is 328. The summed E-state index contributed by atoms with van der Waals surface area (Å²) in [7, 11) is 0. The Balaban J connectivity index is 2.79. The van der Waals surface area contributed by atoms with Gasteiger partial charge in [-0.1, -0.05) is 26.7 Å². The number of aromatic hydroxyl groups is 1. The number of hydrogen-bond donors (Lipinski definition) is 1. The van der Waals surface area contributed by atoms with Gasteiger partial charge in [-0.25, -0.2) is 0 Å². The second-order valence-electron chi connectivity index (χ2n) is 4.66. The van der Waals surface area contributed by atoms with Gasteiger partial charge >= 0.3 is 0 Å². The summed E-state index contributed by atoms with van der Waals surface area (Å²) < 4.78 is 0. The summed E-state index contributed by atoms with van der Waals surface area (Å²) in [6.45, 7) is 8.74. The van der Waals surface area contributed by atoms with Gasteiger partial charge in [0.1, 0.15) is 5.75 Å². The molecule has 0 unspecified atom stereocenters. The largest absolute Gasteiger partial charge is 0.508 e. The smallest absolute Gasteiger partial charge is 0.115 e. The second kappa shape index (κ2) is 7.21. The molecule has 0 aliphatic carbocycles. The number of unbranched alkanes of at least 4 members (excludes halogenated alkanes) is 2. The van der Waals surface area contributed by atoms with Crippen LogP contribution in [0.1, 0.15) is 45.1 Å². The van der Waals surface area contributed by atoms with Crippen LogP contribution in [0, 0.1) is 6.92 Å². The van der Waals surface area contributed by atoms with Crippen LogP contribution in [0.5, 0.6) is 5.75 Å². The monoisotopic (exact) mass is 235 g/mol. The lowest BCUT2D eigenvalue weighted by atomic mass is 10.1. The van der Waals surface area contributed by atoms with Gasteiger partial charge < -0.3 is 10.0 Å². The van der Waals surface area contributed by atoms with Crippen LogP contribution in [0.15, 0.2) is 18.2 Å². The van der Waals surface area contributed by atoms with E-state index in [4.69, 9.17) is 0 Å². The van der Waals surface area contributed by atoms with Crippen LogP contribution in [0.3, 0.4) is 0 Å². The summed E-state index contributed by atoms with van der Waals surface area (Å²) in [5.41, 5.74) is 2.43. The van der Waals surface area contributed by atoms with Crippen LogP contribution >= 0.6 is 0 Å². The van der Waals surface area contributed by atoms with E-state index in [-0.39, 0.29) is 0 Å². The maximum Gasteiger partial charge on any atom is 0.115 e. The van der Waals surface area contributed by atoms with Crippen LogP contribution < -0.4 is 4.90 Å². The maximum absolute atomic E-state index is 9.45. The third-order valence-corrected chi connectivity index (χ3v) is 3.08. The molecular formula is C15H25NO. The van der Waals surface area contributed by atoms with E-state index in [1.165, 1.54) is 31.4 Å². The van der Waals surface area contributed by atoms with Crippen molar-refractivity contribution in [3.05, 3.63) is 23.8 Å². The van der Waals surface area contributed by atoms with Gasteiger partial charge in [0, 0.05) is 18.8 Å². The summed E-state index contributed by atoms with van der Waals surface area (Å²) in [5.74, 6) is 0.359. The van der Waals surface area contributed by atoms with Gasteiger partial charge in [0.2, 0.25) is 0 Å². The molecule has 0 aliphatic heterocycles. The highest BCUT2D eigenvalue weighted by Crippen LogP contribution is 2.24. The molecule has 0 atom stereocenters. The Morgan fingerprint density at radius 1 is 1.06 bits per heavy atom. The minimum absolute atomic E-state index is 0.359. The zero-order chi connectivity index (χ0) is 12.7. The van der Waals surface area contributed by atoms with E-state index in [2.05, 4.69) is 25.7 Å². The first-order valence-corrected chi connectivity index (χ1v) is 6.73. The van der Waals surface area contributed by atoms with Crippen LogP contribution in [-0.2, 0) is 0 Å². The molecule has 1 rings (SSSR count). The molecule has 2 heteroatoms. The van der Waals surface area contributed by atoms with E-state index in [9.17, 15) is 5.11 Å². The summed E-state index contributed by atoms with van der Waals surface area (Å²) in [4.78, 5) is 2.45. The number of phenols is 1. The molecule has 0 fully saturated rings. The molecule has 0 bridgehead atoms. The Morgan fingerprint density at radius 2 is 1.65 bits per heavy atom. The van der Waals surface area contributed by atoms with E-state index >= 15 is 0 Å². The molecule has 0 radical (unpaired) electrons. The van der Waals surface area contributed by atoms with Crippen molar-refractivity contribution < 1.29 is 5.11 Å². The predicted octanol–water partition coefficient (Wildman–Crippen LogP) is 4.11. The molecule has 0 heterocycles. The number of phenolic OH excluding ortho intramolecular Hbond substituents is 1. The number of aryl methyl sites for hydroxylation is 1. The molecule has 17 heavy (non-hydrogen) atoms. The average molecular weight is 235 g/mol. The van der Waals surface area contributed by atoms with Crippen molar-refractivity contribution in [2.45, 2.75) is 46.5 Å². The van der Waals surface area contributed by atoms with Gasteiger partial charge in [-0.05, 0) is 43.5 Å². The van der Waals surface area contributed by atoms with Gasteiger partial charge in [-0.2, -0.15) is 0 Å². The Morgan fingerprint density at radius 3 is 2.12 bits per heavy atom. The lowest BCUT2D eigenvalue weighted by molar-refractivity contribution is 0.475. The molecule has 0 saturated heterocycles. The summed E-state index contributed by atoms with van der Waals surface area (Å²) in [6.07, 6.45) is 4.90. The van der Waals surface area contributed by atoms with Gasteiger partial charge in [0.25, 0.3) is 0 Å². The lowest BCUT2D eigenvalue weighted by Gasteiger charge is -2.26. The molecule has 96 valence electrons. The Labute approximate surface area is 105 Å². The average Bonchev–Trinajstić information content (AvgIpc) is 2.30. The van der Waals surface area contributed by atoms with Crippen molar-refractivity contribution in [1.82, 2.24) is 0 Å². The molecule has 0 spiro atoms. The van der Waals surface area contributed by atoms with Crippen molar-refractivity contribution in [2.75, 3.05) is 18.0 Å². The minimum atomic E-state index is 0.359. The highest BCUT2D eigenvalue weighted by Gasteiger charge is 2.08. The van der Waals surface area contributed by atoms with Crippen LogP contribution in [0.2, 0.25) is 0 Å². The van der Waals surface area contributed by atoms with Gasteiger partial charge in [0.15, 0.2) is 0 Å². The van der Waals surface area contributed by atoms with Crippen LogP contribution in [0.4, 0.5) is 5.69 Å². The van der Waals surface area contributed by atoms with Crippen molar-refractivity contribution >= 4 is 5.69 Å². The molecule has 1 aromatic carbocycles. The quantitative estimate of drug-likeness (QED) is 0.769. The van der Waals surface area contributed by atoms with Crippen LogP contribution in [0.25, 0.3) is 0 Å². The molecule has 1 N–H and O–H groups in total. The first kappa shape index (κ1) is 13.9. The SMILES string of the molecule is CCCCN(CCCC)c1ccc(O)cc1C. The van der Waals surface area contributed by atoms with Crippen LogP contribution in [-0.4, -0.2) is 18.2 Å². The zero-order valence-corrected chi connectivity index (χ0v) is 11.4. The Hall–Kier alpha value is -1.18. The van der Waals surface area contributed by atoms with Gasteiger partial charge in [-0.3, -0.25) is 0 Å². The van der Waals surface area contributed by atoms with E-state index in [1.54, 1.807) is 6.07 Å². The third kappa shape index (κ3) is 4.29. The second-order valence-corrected chi connectivity index (χ2v) is 4.66. The lowest BCUT2D eigenvalue weighted by Crippen LogP contribution is -2.26. The summed E-state index contributed by atoms with van der Waals surface area (Å²) in [6, 6.07) is 5.67. The highest BCUT2D eigenvalue weighted by molar-refractivity contribution is 5.55. The Kier molecular flexibility index (Phi) is 5.88. The number of rotatable bonds is 7.